The number of nitrogens with one attached hydrogen (secondary N) is 1. The van der Waals surface area contributed by atoms with E-state index >= 15 is 0 Å². The van der Waals surface area contributed by atoms with Crippen LogP contribution in [0.15, 0.2) is 24.4 Å². The third-order valence-corrected chi connectivity index (χ3v) is 3.05. The molecule has 0 saturated heterocycles. The Bertz CT molecular complexity index is 576. The number of aromatic nitrogens is 2. The van der Waals surface area contributed by atoms with Gasteiger partial charge in [-0.2, -0.15) is 5.10 Å². The Hall–Kier alpha value is -1.75. The van der Waals surface area contributed by atoms with E-state index in [2.05, 4.69) is 10.4 Å². The largest absolute Gasteiger partial charge is 0.316 e. The van der Waals surface area contributed by atoms with Crippen LogP contribution >= 0.6 is 0 Å². The SMILES string of the molecule is CNCc1cnn(-c2cc(C)ccc2C)c1C(F)F. The zero-order valence-corrected chi connectivity index (χ0v) is 11.2. The van der Waals surface area contributed by atoms with Crippen LogP contribution in [-0.4, -0.2) is 16.8 Å². The number of aryl methyl sites for hydroxylation is 2. The standard InChI is InChI=1S/C14H17F2N3/c1-9-4-5-10(2)12(6-9)19-13(14(15)16)11(7-17-3)8-18-19/h4-6,8,14,17H,7H2,1-3H3. The summed E-state index contributed by atoms with van der Waals surface area (Å²) in [6, 6.07) is 5.75. The van der Waals surface area contributed by atoms with Gasteiger partial charge in [0.15, 0.2) is 0 Å². The molecule has 0 spiro atoms. The summed E-state index contributed by atoms with van der Waals surface area (Å²) in [5, 5.41) is 7.01. The molecule has 1 aromatic heterocycles. The summed E-state index contributed by atoms with van der Waals surface area (Å²) in [7, 11) is 1.73. The maximum Gasteiger partial charge on any atom is 0.280 e. The van der Waals surface area contributed by atoms with Gasteiger partial charge in [0.05, 0.1) is 11.9 Å². The summed E-state index contributed by atoms with van der Waals surface area (Å²) in [4.78, 5) is 0. The molecule has 0 radical (unpaired) electrons. The Morgan fingerprint density at radius 1 is 1.32 bits per heavy atom. The molecule has 102 valence electrons. The van der Waals surface area contributed by atoms with E-state index in [0.29, 0.717) is 17.8 Å². The van der Waals surface area contributed by atoms with Crippen LogP contribution in [0.4, 0.5) is 8.78 Å². The summed E-state index contributed by atoms with van der Waals surface area (Å²) in [6.45, 7) is 4.21. The molecular formula is C14H17F2N3. The van der Waals surface area contributed by atoms with Crippen LogP contribution in [0.1, 0.15) is 28.8 Å². The second-order valence-electron chi connectivity index (χ2n) is 4.59. The molecule has 0 aliphatic carbocycles. The Kier molecular flexibility index (Phi) is 3.95. The van der Waals surface area contributed by atoms with Crippen LogP contribution in [0.25, 0.3) is 5.69 Å². The lowest BCUT2D eigenvalue weighted by Gasteiger charge is -2.12. The van der Waals surface area contributed by atoms with Crippen LogP contribution in [0.3, 0.4) is 0 Å². The minimum absolute atomic E-state index is 0.0388. The molecule has 3 nitrogen and oxygen atoms in total. The Balaban J connectivity index is 2.58. The predicted octanol–water partition coefficient (Wildman–Crippen LogP) is 3.15. The average Bonchev–Trinajstić information content (AvgIpc) is 2.76. The smallest absolute Gasteiger partial charge is 0.280 e. The maximum absolute atomic E-state index is 13.3. The molecule has 5 heteroatoms. The first-order valence-electron chi connectivity index (χ1n) is 6.11. The summed E-state index contributed by atoms with van der Waals surface area (Å²) >= 11 is 0. The number of hydrogen-bond acceptors (Lipinski definition) is 2. The van der Waals surface area contributed by atoms with Gasteiger partial charge in [0, 0.05) is 12.1 Å². The monoisotopic (exact) mass is 265 g/mol. The van der Waals surface area contributed by atoms with Gasteiger partial charge in [0.1, 0.15) is 5.69 Å². The molecule has 0 fully saturated rings. The lowest BCUT2D eigenvalue weighted by Crippen LogP contribution is -2.10. The first-order valence-corrected chi connectivity index (χ1v) is 6.11. The van der Waals surface area contributed by atoms with E-state index in [1.807, 2.05) is 32.0 Å². The molecule has 1 aromatic carbocycles. The van der Waals surface area contributed by atoms with Gasteiger partial charge < -0.3 is 5.32 Å². The van der Waals surface area contributed by atoms with Crippen molar-refractivity contribution in [3.05, 3.63) is 46.8 Å². The zero-order chi connectivity index (χ0) is 14.0. The van der Waals surface area contributed by atoms with Gasteiger partial charge in [0.2, 0.25) is 0 Å². The second kappa shape index (κ2) is 5.48. The topological polar surface area (TPSA) is 29.9 Å². The van der Waals surface area contributed by atoms with Gasteiger partial charge in [-0.15, -0.1) is 0 Å². The molecule has 0 aliphatic heterocycles. The van der Waals surface area contributed by atoms with Crippen molar-refractivity contribution in [3.63, 3.8) is 0 Å². The Morgan fingerprint density at radius 2 is 2.05 bits per heavy atom. The molecule has 2 aromatic rings. The minimum Gasteiger partial charge on any atom is -0.316 e. The predicted molar refractivity (Wildman–Crippen MR) is 70.8 cm³/mol. The van der Waals surface area contributed by atoms with Crippen molar-refractivity contribution in [1.29, 1.82) is 0 Å². The number of benzene rings is 1. The molecule has 1 heterocycles. The minimum atomic E-state index is -2.55. The van der Waals surface area contributed by atoms with Crippen LogP contribution in [-0.2, 0) is 6.54 Å². The van der Waals surface area contributed by atoms with Gasteiger partial charge in [-0.3, -0.25) is 0 Å². The average molecular weight is 265 g/mol. The molecule has 0 saturated carbocycles. The highest BCUT2D eigenvalue weighted by atomic mass is 19.3. The highest BCUT2D eigenvalue weighted by Crippen LogP contribution is 2.27. The number of halogens is 2. The first-order chi connectivity index (χ1) is 9.04. The third-order valence-electron chi connectivity index (χ3n) is 3.05. The van der Waals surface area contributed by atoms with Gasteiger partial charge >= 0.3 is 0 Å². The Labute approximate surface area is 111 Å². The highest BCUT2D eigenvalue weighted by Gasteiger charge is 2.21. The van der Waals surface area contributed by atoms with Crippen LogP contribution in [0, 0.1) is 13.8 Å². The van der Waals surface area contributed by atoms with E-state index in [0.717, 1.165) is 11.1 Å². The van der Waals surface area contributed by atoms with E-state index in [-0.39, 0.29) is 5.69 Å². The fraction of sp³-hybridized carbons (Fsp3) is 0.357. The lowest BCUT2D eigenvalue weighted by atomic mass is 10.1. The summed E-state index contributed by atoms with van der Waals surface area (Å²) in [5.41, 5.74) is 3.14. The molecular weight excluding hydrogens is 248 g/mol. The molecule has 2 rings (SSSR count). The van der Waals surface area contributed by atoms with Crippen molar-refractivity contribution >= 4 is 0 Å². The summed E-state index contributed by atoms with van der Waals surface area (Å²) in [6.07, 6.45) is -1.05. The van der Waals surface area contributed by atoms with E-state index in [9.17, 15) is 8.78 Å². The number of rotatable bonds is 4. The van der Waals surface area contributed by atoms with Crippen LogP contribution in [0.5, 0.6) is 0 Å². The van der Waals surface area contributed by atoms with Gasteiger partial charge in [-0.05, 0) is 38.1 Å². The number of hydrogen-bond donors (Lipinski definition) is 1. The van der Waals surface area contributed by atoms with Crippen molar-refractivity contribution in [3.8, 4) is 5.69 Å². The molecule has 0 aliphatic rings. The van der Waals surface area contributed by atoms with E-state index in [4.69, 9.17) is 0 Å². The van der Waals surface area contributed by atoms with Crippen molar-refractivity contribution < 1.29 is 8.78 Å². The Morgan fingerprint density at radius 3 is 2.68 bits per heavy atom. The summed E-state index contributed by atoms with van der Waals surface area (Å²) < 4.78 is 27.9. The van der Waals surface area contributed by atoms with E-state index in [1.54, 1.807) is 7.05 Å². The zero-order valence-electron chi connectivity index (χ0n) is 11.2. The van der Waals surface area contributed by atoms with Crippen LogP contribution < -0.4 is 5.32 Å². The van der Waals surface area contributed by atoms with Crippen molar-refractivity contribution in [2.45, 2.75) is 26.8 Å². The quantitative estimate of drug-likeness (QED) is 0.920. The van der Waals surface area contributed by atoms with Gasteiger partial charge in [-0.25, -0.2) is 13.5 Å². The van der Waals surface area contributed by atoms with E-state index < -0.39 is 6.43 Å². The van der Waals surface area contributed by atoms with Gasteiger partial charge in [-0.1, -0.05) is 12.1 Å². The number of alkyl halides is 2. The fourth-order valence-corrected chi connectivity index (χ4v) is 2.09. The molecule has 0 amide bonds. The molecule has 1 N–H and O–H groups in total. The fourth-order valence-electron chi connectivity index (χ4n) is 2.09. The van der Waals surface area contributed by atoms with E-state index in [1.165, 1.54) is 10.9 Å². The number of nitrogens with zero attached hydrogens (tertiary/aromatic N) is 2. The van der Waals surface area contributed by atoms with Crippen molar-refractivity contribution in [2.75, 3.05) is 7.05 Å². The summed E-state index contributed by atoms with van der Waals surface area (Å²) in [5.74, 6) is 0. The van der Waals surface area contributed by atoms with Gasteiger partial charge in [0.25, 0.3) is 6.43 Å². The third kappa shape index (κ3) is 2.66. The first kappa shape index (κ1) is 13.7. The van der Waals surface area contributed by atoms with Crippen molar-refractivity contribution in [2.24, 2.45) is 0 Å². The molecule has 0 atom stereocenters. The van der Waals surface area contributed by atoms with Crippen molar-refractivity contribution in [1.82, 2.24) is 15.1 Å². The lowest BCUT2D eigenvalue weighted by molar-refractivity contribution is 0.141. The maximum atomic E-state index is 13.3. The molecule has 19 heavy (non-hydrogen) atoms. The normalized spacial score (nSPS) is 11.3. The molecule has 0 unspecified atom stereocenters. The molecule has 0 bridgehead atoms. The second-order valence-corrected chi connectivity index (χ2v) is 4.59. The van der Waals surface area contributed by atoms with Crippen LogP contribution in [0.2, 0.25) is 0 Å². The highest BCUT2D eigenvalue weighted by molar-refractivity contribution is 5.44.